The van der Waals surface area contributed by atoms with Crippen LogP contribution < -0.4 is 5.32 Å². The smallest absolute Gasteiger partial charge is 0.243 e. The van der Waals surface area contributed by atoms with Crippen LogP contribution in [0.25, 0.3) is 0 Å². The van der Waals surface area contributed by atoms with Crippen molar-refractivity contribution in [3.63, 3.8) is 0 Å². The second-order valence-corrected chi connectivity index (χ2v) is 9.99. The molecule has 1 amide bonds. The summed E-state index contributed by atoms with van der Waals surface area (Å²) in [4.78, 5) is 12.9. The van der Waals surface area contributed by atoms with E-state index in [9.17, 15) is 13.2 Å². The summed E-state index contributed by atoms with van der Waals surface area (Å²) in [6.45, 7) is 3.70. The van der Waals surface area contributed by atoms with Gasteiger partial charge < -0.3 is 5.32 Å². The molecule has 0 saturated heterocycles. The van der Waals surface area contributed by atoms with Gasteiger partial charge in [-0.15, -0.1) is 0 Å². The standard InChI is InChI=1S/C23H23BrN2O3S/c1-17-12-18(2)14-21(13-17)25-23(27)16-26(15-19-6-4-3-5-7-19)30(28,29)22-10-8-20(24)9-11-22/h3-14H,15-16H2,1-2H3,(H,25,27). The molecule has 0 bridgehead atoms. The van der Waals surface area contributed by atoms with E-state index in [2.05, 4.69) is 21.2 Å². The van der Waals surface area contributed by atoms with Gasteiger partial charge in [-0.3, -0.25) is 4.79 Å². The van der Waals surface area contributed by atoms with Crippen molar-refractivity contribution in [2.75, 3.05) is 11.9 Å². The first kappa shape index (κ1) is 22.2. The van der Waals surface area contributed by atoms with Crippen molar-refractivity contribution in [2.24, 2.45) is 0 Å². The molecule has 0 atom stereocenters. The van der Waals surface area contributed by atoms with Crippen molar-refractivity contribution in [1.29, 1.82) is 0 Å². The van der Waals surface area contributed by atoms with Crippen LogP contribution in [0.15, 0.2) is 82.2 Å². The lowest BCUT2D eigenvalue weighted by molar-refractivity contribution is -0.116. The van der Waals surface area contributed by atoms with E-state index in [0.29, 0.717) is 5.69 Å². The molecule has 0 aromatic heterocycles. The molecule has 156 valence electrons. The molecule has 5 nitrogen and oxygen atoms in total. The summed E-state index contributed by atoms with van der Waals surface area (Å²) in [6.07, 6.45) is 0. The number of benzene rings is 3. The molecular formula is C23H23BrN2O3S. The quantitative estimate of drug-likeness (QED) is 0.516. The van der Waals surface area contributed by atoms with Gasteiger partial charge in [-0.1, -0.05) is 52.3 Å². The fraction of sp³-hybridized carbons (Fsp3) is 0.174. The van der Waals surface area contributed by atoms with Gasteiger partial charge in [-0.05, 0) is 66.9 Å². The minimum atomic E-state index is -3.87. The Bertz CT molecular complexity index is 1110. The predicted molar refractivity (Wildman–Crippen MR) is 123 cm³/mol. The molecular weight excluding hydrogens is 464 g/mol. The Balaban J connectivity index is 1.87. The summed E-state index contributed by atoms with van der Waals surface area (Å²) in [5.74, 6) is -0.392. The van der Waals surface area contributed by atoms with Gasteiger partial charge in [0.1, 0.15) is 0 Å². The molecule has 0 fully saturated rings. The van der Waals surface area contributed by atoms with E-state index < -0.39 is 15.9 Å². The lowest BCUT2D eigenvalue weighted by Crippen LogP contribution is -2.37. The van der Waals surface area contributed by atoms with Gasteiger partial charge in [0.15, 0.2) is 0 Å². The van der Waals surface area contributed by atoms with Crippen LogP contribution in [0.2, 0.25) is 0 Å². The number of halogens is 1. The van der Waals surface area contributed by atoms with Crippen molar-refractivity contribution >= 4 is 37.5 Å². The minimum Gasteiger partial charge on any atom is -0.325 e. The van der Waals surface area contributed by atoms with Gasteiger partial charge in [0.05, 0.1) is 11.4 Å². The zero-order chi connectivity index (χ0) is 21.7. The van der Waals surface area contributed by atoms with Crippen LogP contribution in [-0.4, -0.2) is 25.2 Å². The van der Waals surface area contributed by atoms with Crippen molar-refractivity contribution in [3.05, 3.63) is 94.0 Å². The number of carbonyl (C=O) groups is 1. The molecule has 0 radical (unpaired) electrons. The Morgan fingerprint density at radius 1 is 0.933 bits per heavy atom. The maximum Gasteiger partial charge on any atom is 0.243 e. The molecule has 0 heterocycles. The van der Waals surface area contributed by atoms with E-state index >= 15 is 0 Å². The fourth-order valence-corrected chi connectivity index (χ4v) is 4.82. The normalized spacial score (nSPS) is 11.5. The Labute approximate surface area is 185 Å². The summed E-state index contributed by atoms with van der Waals surface area (Å²) in [7, 11) is -3.87. The number of anilines is 1. The number of carbonyl (C=O) groups excluding carboxylic acids is 1. The molecule has 0 saturated carbocycles. The van der Waals surface area contributed by atoms with E-state index in [-0.39, 0.29) is 18.0 Å². The molecule has 30 heavy (non-hydrogen) atoms. The van der Waals surface area contributed by atoms with Gasteiger partial charge in [0.25, 0.3) is 0 Å². The number of amides is 1. The zero-order valence-electron chi connectivity index (χ0n) is 16.8. The summed E-state index contributed by atoms with van der Waals surface area (Å²) in [6, 6.07) is 21.3. The lowest BCUT2D eigenvalue weighted by Gasteiger charge is -2.22. The molecule has 3 rings (SSSR count). The monoisotopic (exact) mass is 486 g/mol. The van der Waals surface area contributed by atoms with Crippen LogP contribution in [0.1, 0.15) is 16.7 Å². The van der Waals surface area contributed by atoms with E-state index in [4.69, 9.17) is 0 Å². The molecule has 0 aliphatic rings. The third-order valence-electron chi connectivity index (χ3n) is 4.48. The highest BCUT2D eigenvalue weighted by Crippen LogP contribution is 2.21. The Kier molecular flexibility index (Phi) is 7.07. The van der Waals surface area contributed by atoms with Crippen LogP contribution >= 0.6 is 15.9 Å². The van der Waals surface area contributed by atoms with Crippen LogP contribution in [0.3, 0.4) is 0 Å². The largest absolute Gasteiger partial charge is 0.325 e. The van der Waals surface area contributed by atoms with E-state index in [1.165, 1.54) is 16.4 Å². The minimum absolute atomic E-state index is 0.0967. The van der Waals surface area contributed by atoms with Crippen molar-refractivity contribution < 1.29 is 13.2 Å². The van der Waals surface area contributed by atoms with Gasteiger partial charge >= 0.3 is 0 Å². The highest BCUT2D eigenvalue weighted by atomic mass is 79.9. The van der Waals surface area contributed by atoms with Crippen molar-refractivity contribution in [2.45, 2.75) is 25.3 Å². The van der Waals surface area contributed by atoms with E-state index in [1.54, 1.807) is 12.1 Å². The number of sulfonamides is 1. The molecule has 0 spiro atoms. The fourth-order valence-electron chi connectivity index (χ4n) is 3.18. The average molecular weight is 487 g/mol. The number of rotatable bonds is 7. The van der Waals surface area contributed by atoms with E-state index in [0.717, 1.165) is 21.2 Å². The molecule has 0 aliphatic heterocycles. The number of hydrogen-bond acceptors (Lipinski definition) is 3. The highest BCUT2D eigenvalue weighted by Gasteiger charge is 2.27. The average Bonchev–Trinajstić information content (AvgIpc) is 2.68. The van der Waals surface area contributed by atoms with Crippen molar-refractivity contribution in [1.82, 2.24) is 4.31 Å². The molecule has 0 unspecified atom stereocenters. The number of hydrogen-bond donors (Lipinski definition) is 1. The maximum atomic E-state index is 13.3. The van der Waals surface area contributed by atoms with Gasteiger partial charge in [-0.25, -0.2) is 8.42 Å². The number of nitrogens with zero attached hydrogens (tertiary/aromatic N) is 1. The Hall–Kier alpha value is -2.48. The van der Waals surface area contributed by atoms with Crippen LogP contribution in [0.4, 0.5) is 5.69 Å². The van der Waals surface area contributed by atoms with Gasteiger partial charge in [0.2, 0.25) is 15.9 Å². The first-order valence-electron chi connectivity index (χ1n) is 9.42. The Morgan fingerprint density at radius 3 is 2.13 bits per heavy atom. The number of aryl methyl sites for hydroxylation is 2. The molecule has 0 aliphatic carbocycles. The van der Waals surface area contributed by atoms with Gasteiger partial charge in [0, 0.05) is 16.7 Å². The predicted octanol–water partition coefficient (Wildman–Crippen LogP) is 4.90. The zero-order valence-corrected chi connectivity index (χ0v) is 19.2. The maximum absolute atomic E-state index is 13.3. The first-order valence-corrected chi connectivity index (χ1v) is 11.6. The summed E-state index contributed by atoms with van der Waals surface area (Å²) in [5, 5.41) is 2.82. The molecule has 3 aromatic carbocycles. The second-order valence-electron chi connectivity index (χ2n) is 7.14. The topological polar surface area (TPSA) is 66.5 Å². The molecule has 3 aromatic rings. The molecule has 7 heteroatoms. The van der Waals surface area contributed by atoms with E-state index in [1.807, 2.05) is 62.4 Å². The van der Waals surface area contributed by atoms with Crippen molar-refractivity contribution in [3.8, 4) is 0 Å². The molecule has 1 N–H and O–H groups in total. The summed E-state index contributed by atoms with van der Waals surface area (Å²) in [5.41, 5.74) is 3.50. The first-order chi connectivity index (χ1) is 14.2. The highest BCUT2D eigenvalue weighted by molar-refractivity contribution is 9.10. The van der Waals surface area contributed by atoms with Gasteiger partial charge in [-0.2, -0.15) is 4.31 Å². The summed E-state index contributed by atoms with van der Waals surface area (Å²) >= 11 is 3.32. The van der Waals surface area contributed by atoms with Crippen LogP contribution in [-0.2, 0) is 21.4 Å². The lowest BCUT2D eigenvalue weighted by atomic mass is 10.1. The Morgan fingerprint density at radius 2 is 1.53 bits per heavy atom. The van der Waals surface area contributed by atoms with Crippen LogP contribution in [0.5, 0.6) is 0 Å². The summed E-state index contributed by atoms with van der Waals surface area (Å²) < 4.78 is 28.5. The third-order valence-corrected chi connectivity index (χ3v) is 6.81. The third kappa shape index (κ3) is 5.78. The van der Waals surface area contributed by atoms with Crippen LogP contribution in [0, 0.1) is 13.8 Å². The second kappa shape index (κ2) is 9.55. The SMILES string of the molecule is Cc1cc(C)cc(NC(=O)CN(Cc2ccccc2)S(=O)(=O)c2ccc(Br)cc2)c1. The number of nitrogens with one attached hydrogen (secondary N) is 1.